The average molecular weight is 467 g/mol. The van der Waals surface area contributed by atoms with Gasteiger partial charge in [0.15, 0.2) is 0 Å². The summed E-state index contributed by atoms with van der Waals surface area (Å²) in [5.74, 6) is -2.34. The first kappa shape index (κ1) is 22.5. The number of benzene rings is 1. The molecule has 2 aromatic heterocycles. The van der Waals surface area contributed by atoms with Crippen molar-refractivity contribution in [1.29, 1.82) is 0 Å². The Hall–Kier alpha value is -3.74. The van der Waals surface area contributed by atoms with Gasteiger partial charge in [0.2, 0.25) is 0 Å². The largest absolute Gasteiger partial charge is 0.419 e. The summed E-state index contributed by atoms with van der Waals surface area (Å²) in [6, 6.07) is 0.735. The van der Waals surface area contributed by atoms with Gasteiger partial charge >= 0.3 is 12.2 Å². The van der Waals surface area contributed by atoms with Crippen LogP contribution in [0, 0.1) is 5.82 Å². The number of carbonyl (C=O) groups is 2. The number of ether oxygens (including phenoxy) is 1. The van der Waals surface area contributed by atoms with Gasteiger partial charge in [0.05, 0.1) is 41.6 Å². The van der Waals surface area contributed by atoms with Gasteiger partial charge < -0.3 is 19.5 Å². The van der Waals surface area contributed by atoms with E-state index in [1.54, 1.807) is 0 Å². The number of fused-ring (bicyclic) bond motifs is 1. The summed E-state index contributed by atoms with van der Waals surface area (Å²) < 4.78 is 62.6. The fraction of sp³-hybridized carbons (Fsp3) is 0.300. The van der Waals surface area contributed by atoms with Gasteiger partial charge in [-0.15, -0.1) is 0 Å². The van der Waals surface area contributed by atoms with E-state index >= 15 is 0 Å². The van der Waals surface area contributed by atoms with Gasteiger partial charge in [0.25, 0.3) is 11.6 Å². The fourth-order valence-electron chi connectivity index (χ4n) is 3.51. The van der Waals surface area contributed by atoms with Crippen LogP contribution in [0.25, 0.3) is 11.1 Å². The van der Waals surface area contributed by atoms with Crippen molar-refractivity contribution in [2.75, 3.05) is 30.0 Å². The summed E-state index contributed by atoms with van der Waals surface area (Å²) in [7, 11) is 0. The first-order valence-corrected chi connectivity index (χ1v) is 9.72. The maximum atomic E-state index is 13.5. The Morgan fingerprint density at radius 3 is 2.76 bits per heavy atom. The number of hydrogen-bond acceptors (Lipinski definition) is 7. The van der Waals surface area contributed by atoms with E-state index in [1.165, 1.54) is 12.4 Å². The lowest BCUT2D eigenvalue weighted by molar-refractivity contribution is -0.139. The lowest BCUT2D eigenvalue weighted by Gasteiger charge is -2.36. The van der Waals surface area contributed by atoms with E-state index in [4.69, 9.17) is 9.26 Å². The van der Waals surface area contributed by atoms with Crippen molar-refractivity contribution in [3.63, 3.8) is 0 Å². The minimum atomic E-state index is -4.95. The molecule has 0 aliphatic carbocycles. The van der Waals surface area contributed by atoms with Gasteiger partial charge in [0.1, 0.15) is 5.82 Å². The number of carbonyl (C=O) groups excluding carboxylic acids is 2. The number of nitrogens with one attached hydrogen (secondary N) is 2. The SMILES string of the molecule is CC1COCCN1c1c(C(=O)NC(=O)Nc2ccc(F)c(C(F)(F)F)c2)cnc2oncc12. The van der Waals surface area contributed by atoms with Gasteiger partial charge in [-0.3, -0.25) is 10.1 Å². The molecule has 9 nitrogen and oxygen atoms in total. The van der Waals surface area contributed by atoms with Gasteiger partial charge in [-0.1, -0.05) is 5.16 Å². The molecule has 1 atom stereocenters. The van der Waals surface area contributed by atoms with E-state index in [0.717, 1.165) is 6.07 Å². The molecule has 174 valence electrons. The zero-order chi connectivity index (χ0) is 23.8. The summed E-state index contributed by atoms with van der Waals surface area (Å²) in [5, 5.41) is 8.31. The van der Waals surface area contributed by atoms with Gasteiger partial charge in [0, 0.05) is 24.5 Å². The lowest BCUT2D eigenvalue weighted by atomic mass is 10.1. The number of aromatic nitrogens is 2. The van der Waals surface area contributed by atoms with Crippen molar-refractivity contribution in [3.8, 4) is 0 Å². The zero-order valence-corrected chi connectivity index (χ0v) is 17.1. The predicted octanol–water partition coefficient (Wildman–Crippen LogP) is 3.57. The fourth-order valence-corrected chi connectivity index (χ4v) is 3.51. The lowest BCUT2D eigenvalue weighted by Crippen LogP contribution is -2.45. The van der Waals surface area contributed by atoms with Crippen molar-refractivity contribution in [2.24, 2.45) is 0 Å². The average Bonchev–Trinajstić information content (AvgIpc) is 3.23. The highest BCUT2D eigenvalue weighted by molar-refractivity contribution is 6.13. The summed E-state index contributed by atoms with van der Waals surface area (Å²) >= 11 is 0. The number of morpholine rings is 1. The number of amides is 3. The minimum absolute atomic E-state index is 0.0321. The van der Waals surface area contributed by atoms with Crippen LogP contribution >= 0.6 is 0 Å². The summed E-state index contributed by atoms with van der Waals surface area (Å²) in [5.41, 5.74) is -1.23. The molecule has 0 spiro atoms. The molecule has 1 unspecified atom stereocenters. The van der Waals surface area contributed by atoms with Crippen molar-refractivity contribution in [1.82, 2.24) is 15.5 Å². The maximum Gasteiger partial charge on any atom is 0.419 e. The number of urea groups is 1. The third-order valence-corrected chi connectivity index (χ3v) is 5.03. The Labute approximate surface area is 183 Å². The second-order valence-corrected chi connectivity index (χ2v) is 7.28. The number of halogens is 4. The van der Waals surface area contributed by atoms with E-state index in [9.17, 15) is 27.2 Å². The molecule has 1 aromatic carbocycles. The minimum Gasteiger partial charge on any atom is -0.377 e. The number of rotatable bonds is 3. The molecule has 1 aliphatic rings. The molecule has 1 saturated heterocycles. The van der Waals surface area contributed by atoms with Crippen molar-refractivity contribution < 1.29 is 36.4 Å². The van der Waals surface area contributed by atoms with E-state index in [2.05, 4.69) is 20.8 Å². The molecule has 13 heteroatoms. The predicted molar refractivity (Wildman–Crippen MR) is 107 cm³/mol. The van der Waals surface area contributed by atoms with Crippen LogP contribution < -0.4 is 15.5 Å². The van der Waals surface area contributed by atoms with Crippen LogP contribution in [-0.4, -0.2) is 47.9 Å². The molecule has 33 heavy (non-hydrogen) atoms. The van der Waals surface area contributed by atoms with Crippen LogP contribution in [0.15, 0.2) is 35.1 Å². The second kappa shape index (κ2) is 8.65. The van der Waals surface area contributed by atoms with E-state index in [-0.39, 0.29) is 23.0 Å². The van der Waals surface area contributed by atoms with Crippen molar-refractivity contribution in [2.45, 2.75) is 19.1 Å². The monoisotopic (exact) mass is 467 g/mol. The van der Waals surface area contributed by atoms with Crippen LogP contribution in [0.1, 0.15) is 22.8 Å². The van der Waals surface area contributed by atoms with Crippen molar-refractivity contribution >= 4 is 34.4 Å². The molecular weight excluding hydrogens is 450 g/mol. The molecule has 1 fully saturated rings. The highest BCUT2D eigenvalue weighted by Gasteiger charge is 2.34. The zero-order valence-electron chi connectivity index (χ0n) is 17.1. The number of anilines is 2. The summed E-state index contributed by atoms with van der Waals surface area (Å²) in [4.78, 5) is 31.1. The molecular formula is C20H17F4N5O4. The van der Waals surface area contributed by atoms with Crippen LogP contribution in [0.2, 0.25) is 0 Å². The van der Waals surface area contributed by atoms with Gasteiger partial charge in [-0.05, 0) is 25.1 Å². The standard InChI is InChI=1S/C20H17F4N5O4/c1-10-9-32-5-4-29(10)16-12(7-25-18-13(16)8-26-33-18)17(30)28-19(31)27-11-2-3-15(21)14(6-11)20(22,23)24/h2-3,6-8,10H,4-5,9H2,1H3,(H2,27,28,30,31). The molecule has 0 bridgehead atoms. The third-order valence-electron chi connectivity index (χ3n) is 5.03. The Balaban J connectivity index is 1.58. The Morgan fingerprint density at radius 2 is 2.03 bits per heavy atom. The first-order valence-electron chi connectivity index (χ1n) is 9.72. The molecule has 4 rings (SSSR count). The first-order chi connectivity index (χ1) is 15.6. The number of pyridine rings is 1. The number of nitrogens with zero attached hydrogens (tertiary/aromatic N) is 3. The topological polar surface area (TPSA) is 110 Å². The van der Waals surface area contributed by atoms with E-state index in [1.807, 2.05) is 11.8 Å². The van der Waals surface area contributed by atoms with Crippen LogP contribution in [0.3, 0.4) is 0 Å². The van der Waals surface area contributed by atoms with E-state index in [0.29, 0.717) is 43.0 Å². The molecule has 3 heterocycles. The van der Waals surface area contributed by atoms with Crippen LogP contribution in [0.5, 0.6) is 0 Å². The second-order valence-electron chi connectivity index (χ2n) is 7.28. The Morgan fingerprint density at radius 1 is 1.24 bits per heavy atom. The molecule has 3 amide bonds. The molecule has 0 radical (unpaired) electrons. The van der Waals surface area contributed by atoms with Gasteiger partial charge in [-0.2, -0.15) is 13.2 Å². The van der Waals surface area contributed by atoms with Crippen molar-refractivity contribution in [3.05, 3.63) is 47.5 Å². The smallest absolute Gasteiger partial charge is 0.377 e. The number of alkyl halides is 3. The molecule has 0 saturated carbocycles. The molecule has 3 aromatic rings. The summed E-state index contributed by atoms with van der Waals surface area (Å²) in [6.07, 6.45) is -2.33. The quantitative estimate of drug-likeness (QED) is 0.567. The normalized spacial score (nSPS) is 16.6. The molecule has 2 N–H and O–H groups in total. The van der Waals surface area contributed by atoms with Crippen LogP contribution in [-0.2, 0) is 10.9 Å². The molecule has 1 aliphatic heterocycles. The number of hydrogen-bond donors (Lipinski definition) is 2. The highest BCUT2D eigenvalue weighted by atomic mass is 19.4. The summed E-state index contributed by atoms with van der Waals surface area (Å²) in [6.45, 7) is 3.16. The maximum absolute atomic E-state index is 13.5. The highest BCUT2D eigenvalue weighted by Crippen LogP contribution is 2.34. The third kappa shape index (κ3) is 4.58. The Kier molecular flexibility index (Phi) is 5.89. The van der Waals surface area contributed by atoms with Gasteiger partial charge in [-0.25, -0.2) is 14.2 Å². The van der Waals surface area contributed by atoms with E-state index < -0.39 is 29.5 Å². The van der Waals surface area contributed by atoms with Crippen LogP contribution in [0.4, 0.5) is 33.7 Å². The number of imide groups is 1. The Bertz CT molecular complexity index is 1210.